The number of nitrogens with two attached hydrogens (primary N) is 1. The lowest BCUT2D eigenvalue weighted by molar-refractivity contribution is 0.1000. The van der Waals surface area contributed by atoms with Crippen molar-refractivity contribution in [3.05, 3.63) is 60.6 Å². The zero-order chi connectivity index (χ0) is 17.2. The van der Waals surface area contributed by atoms with Crippen LogP contribution in [0.15, 0.2) is 64.9 Å². The SMILES string of the molecule is NC(=O)c1cccc(Sc2cc(Nc3ncnc4cccn34)n[nH]2)c1. The first-order valence-corrected chi connectivity index (χ1v) is 8.19. The van der Waals surface area contributed by atoms with Gasteiger partial charge in [0.25, 0.3) is 0 Å². The predicted octanol–water partition coefficient (Wildman–Crippen LogP) is 2.45. The van der Waals surface area contributed by atoms with Gasteiger partial charge < -0.3 is 11.1 Å². The van der Waals surface area contributed by atoms with Gasteiger partial charge in [0.15, 0.2) is 5.82 Å². The molecule has 0 fully saturated rings. The van der Waals surface area contributed by atoms with Gasteiger partial charge >= 0.3 is 0 Å². The highest BCUT2D eigenvalue weighted by atomic mass is 32.2. The quantitative estimate of drug-likeness (QED) is 0.509. The van der Waals surface area contributed by atoms with Crippen LogP contribution in [0.1, 0.15) is 10.4 Å². The van der Waals surface area contributed by atoms with Gasteiger partial charge in [-0.25, -0.2) is 9.97 Å². The third-order valence-electron chi connectivity index (χ3n) is 3.47. The van der Waals surface area contributed by atoms with Crippen molar-refractivity contribution in [2.24, 2.45) is 5.73 Å². The monoisotopic (exact) mass is 351 g/mol. The zero-order valence-electron chi connectivity index (χ0n) is 12.9. The summed E-state index contributed by atoms with van der Waals surface area (Å²) in [4.78, 5) is 20.6. The molecule has 0 atom stereocenters. The van der Waals surface area contributed by atoms with E-state index < -0.39 is 5.91 Å². The maximum atomic E-state index is 11.3. The number of fused-ring (bicyclic) bond motifs is 1. The van der Waals surface area contributed by atoms with Crippen LogP contribution in [0.25, 0.3) is 5.65 Å². The average molecular weight is 351 g/mol. The van der Waals surface area contributed by atoms with E-state index in [1.54, 1.807) is 18.2 Å². The highest BCUT2D eigenvalue weighted by Crippen LogP contribution is 2.28. The van der Waals surface area contributed by atoms with E-state index in [0.29, 0.717) is 17.3 Å². The number of H-pyrrole nitrogens is 1. The molecule has 0 aliphatic heterocycles. The molecule has 0 aliphatic rings. The maximum Gasteiger partial charge on any atom is 0.248 e. The number of carbonyl (C=O) groups is 1. The number of hydrogen-bond donors (Lipinski definition) is 3. The molecule has 0 aliphatic carbocycles. The third kappa shape index (κ3) is 3.17. The van der Waals surface area contributed by atoms with Crippen molar-refractivity contribution in [1.29, 1.82) is 0 Å². The van der Waals surface area contributed by atoms with E-state index in [1.807, 2.05) is 34.9 Å². The molecule has 4 aromatic rings. The molecule has 0 saturated heterocycles. The average Bonchev–Trinajstić information content (AvgIpc) is 3.25. The third-order valence-corrected chi connectivity index (χ3v) is 4.38. The summed E-state index contributed by atoms with van der Waals surface area (Å²) in [6, 6.07) is 12.8. The number of nitrogens with zero attached hydrogens (tertiary/aromatic N) is 4. The first kappa shape index (κ1) is 15.2. The zero-order valence-corrected chi connectivity index (χ0v) is 13.7. The van der Waals surface area contributed by atoms with Gasteiger partial charge in [-0.05, 0) is 30.3 Å². The van der Waals surface area contributed by atoms with Crippen molar-refractivity contribution >= 4 is 35.1 Å². The van der Waals surface area contributed by atoms with Crippen LogP contribution in [-0.4, -0.2) is 30.5 Å². The lowest BCUT2D eigenvalue weighted by atomic mass is 10.2. The maximum absolute atomic E-state index is 11.3. The molecule has 0 bridgehead atoms. The van der Waals surface area contributed by atoms with Gasteiger partial charge in [-0.15, -0.1) is 0 Å². The summed E-state index contributed by atoms with van der Waals surface area (Å²) in [6.07, 6.45) is 3.37. The summed E-state index contributed by atoms with van der Waals surface area (Å²) >= 11 is 1.45. The Balaban J connectivity index is 1.53. The van der Waals surface area contributed by atoms with Crippen molar-refractivity contribution in [2.75, 3.05) is 5.32 Å². The number of benzene rings is 1. The Morgan fingerprint density at radius 2 is 2.12 bits per heavy atom. The molecule has 0 unspecified atom stereocenters. The fraction of sp³-hybridized carbons (Fsp3) is 0. The largest absolute Gasteiger partial charge is 0.366 e. The Hall–Kier alpha value is -3.33. The molecular weight excluding hydrogens is 338 g/mol. The van der Waals surface area contributed by atoms with Crippen molar-refractivity contribution in [3.8, 4) is 0 Å². The summed E-state index contributed by atoms with van der Waals surface area (Å²) in [5.41, 5.74) is 6.58. The lowest BCUT2D eigenvalue weighted by Crippen LogP contribution is -2.10. The fourth-order valence-electron chi connectivity index (χ4n) is 2.33. The second-order valence-corrected chi connectivity index (χ2v) is 6.29. The summed E-state index contributed by atoms with van der Waals surface area (Å²) in [5.74, 6) is 0.796. The van der Waals surface area contributed by atoms with E-state index in [9.17, 15) is 4.79 Å². The smallest absolute Gasteiger partial charge is 0.248 e. The topological polar surface area (TPSA) is 114 Å². The number of aromatic amines is 1. The van der Waals surface area contributed by atoms with Crippen LogP contribution in [0, 0.1) is 0 Å². The molecule has 0 spiro atoms. The summed E-state index contributed by atoms with van der Waals surface area (Å²) in [7, 11) is 0. The van der Waals surface area contributed by atoms with Gasteiger partial charge in [0, 0.05) is 22.7 Å². The highest BCUT2D eigenvalue weighted by molar-refractivity contribution is 7.99. The van der Waals surface area contributed by atoms with Crippen molar-refractivity contribution < 1.29 is 4.79 Å². The van der Waals surface area contributed by atoms with Crippen LogP contribution in [0.2, 0.25) is 0 Å². The van der Waals surface area contributed by atoms with Crippen LogP contribution in [-0.2, 0) is 0 Å². The number of rotatable bonds is 5. The minimum Gasteiger partial charge on any atom is -0.366 e. The second kappa shape index (κ2) is 6.29. The van der Waals surface area contributed by atoms with E-state index in [4.69, 9.17) is 5.73 Å². The Morgan fingerprint density at radius 3 is 3.00 bits per heavy atom. The highest BCUT2D eigenvalue weighted by Gasteiger charge is 2.08. The second-order valence-electron chi connectivity index (χ2n) is 5.17. The molecule has 1 amide bonds. The van der Waals surface area contributed by atoms with Gasteiger partial charge in [0.2, 0.25) is 11.9 Å². The van der Waals surface area contributed by atoms with Gasteiger partial charge in [-0.1, -0.05) is 17.8 Å². The molecule has 8 nitrogen and oxygen atoms in total. The number of amides is 1. The van der Waals surface area contributed by atoms with Crippen LogP contribution < -0.4 is 11.1 Å². The van der Waals surface area contributed by atoms with Crippen LogP contribution >= 0.6 is 11.8 Å². The van der Waals surface area contributed by atoms with Gasteiger partial charge in [-0.2, -0.15) is 5.10 Å². The van der Waals surface area contributed by atoms with Crippen molar-refractivity contribution in [2.45, 2.75) is 9.92 Å². The minimum atomic E-state index is -0.450. The first-order valence-electron chi connectivity index (χ1n) is 7.37. The summed E-state index contributed by atoms with van der Waals surface area (Å²) in [6.45, 7) is 0. The Bertz CT molecular complexity index is 1060. The minimum absolute atomic E-state index is 0.450. The lowest BCUT2D eigenvalue weighted by Gasteiger charge is -2.04. The van der Waals surface area contributed by atoms with E-state index in [2.05, 4.69) is 25.5 Å². The number of nitrogens with one attached hydrogen (secondary N) is 2. The Kier molecular flexibility index (Phi) is 3.82. The molecule has 4 rings (SSSR count). The van der Waals surface area contributed by atoms with Crippen LogP contribution in [0.4, 0.5) is 11.8 Å². The molecule has 0 saturated carbocycles. The number of primary amides is 1. The normalized spacial score (nSPS) is 10.9. The van der Waals surface area contributed by atoms with E-state index in [-0.39, 0.29) is 0 Å². The van der Waals surface area contributed by atoms with E-state index in [0.717, 1.165) is 15.6 Å². The van der Waals surface area contributed by atoms with Gasteiger partial charge in [-0.3, -0.25) is 14.3 Å². The molecule has 3 heterocycles. The van der Waals surface area contributed by atoms with E-state index >= 15 is 0 Å². The van der Waals surface area contributed by atoms with Crippen molar-refractivity contribution in [1.82, 2.24) is 24.6 Å². The summed E-state index contributed by atoms with van der Waals surface area (Å²) < 4.78 is 1.83. The molecule has 4 N–H and O–H groups in total. The van der Waals surface area contributed by atoms with Crippen LogP contribution in [0.5, 0.6) is 0 Å². The van der Waals surface area contributed by atoms with Gasteiger partial charge in [0.1, 0.15) is 12.0 Å². The fourth-order valence-corrected chi connectivity index (χ4v) is 3.18. The summed E-state index contributed by atoms with van der Waals surface area (Å²) in [5, 5.41) is 11.2. The van der Waals surface area contributed by atoms with Gasteiger partial charge in [0.05, 0.1) is 5.03 Å². The Labute approximate surface area is 146 Å². The number of aromatic nitrogens is 5. The standard InChI is InChI=1S/C16H13N7OS/c17-15(24)10-3-1-4-11(7-10)25-14-8-12(21-22-14)20-16-19-9-18-13-5-2-6-23(13)16/h1-9H,(H2,17,24)(H2,18,19,20,21,22). The number of hydrogen-bond acceptors (Lipinski definition) is 6. The molecule has 1 aromatic carbocycles. The van der Waals surface area contributed by atoms with Crippen molar-refractivity contribution in [3.63, 3.8) is 0 Å². The molecule has 0 radical (unpaired) electrons. The molecule has 25 heavy (non-hydrogen) atoms. The molecular formula is C16H13N7OS. The molecule has 3 aromatic heterocycles. The first-order chi connectivity index (χ1) is 12.2. The molecule has 9 heteroatoms. The number of anilines is 2. The van der Waals surface area contributed by atoms with E-state index in [1.165, 1.54) is 18.1 Å². The predicted molar refractivity (Wildman–Crippen MR) is 93.9 cm³/mol. The Morgan fingerprint density at radius 1 is 1.20 bits per heavy atom. The molecule has 124 valence electrons. The number of carbonyl (C=O) groups excluding carboxylic acids is 1. The van der Waals surface area contributed by atoms with Crippen LogP contribution in [0.3, 0.4) is 0 Å².